The Kier molecular flexibility index (Phi) is 5.72. The maximum Gasteiger partial charge on any atom is 0.416 e. The second-order valence-electron chi connectivity index (χ2n) is 8.07. The summed E-state index contributed by atoms with van der Waals surface area (Å²) in [5.41, 5.74) is 4.03. The summed E-state index contributed by atoms with van der Waals surface area (Å²) in [7, 11) is 0. The monoisotopic (exact) mass is 492 g/mol. The van der Waals surface area contributed by atoms with Crippen LogP contribution in [0.2, 0.25) is 0 Å². The summed E-state index contributed by atoms with van der Waals surface area (Å²) in [6.07, 6.45) is -0.789. The van der Waals surface area contributed by atoms with Gasteiger partial charge in [-0.2, -0.15) is 13.2 Å². The minimum absolute atomic E-state index is 0.0628. The topological polar surface area (TPSA) is 70.7 Å². The molecular weight excluding hydrogens is 473 g/mol. The van der Waals surface area contributed by atoms with Crippen LogP contribution in [0.5, 0.6) is 0 Å². The number of carbonyl (C=O) groups excluding carboxylic acids is 1. The number of anilines is 1. The number of alkyl halides is 3. The standard InChI is InChI=1S/C26H19F3N4OS/c1-14-6-8-18(31-24(34)16-4-3-5-17(10-16)26(27,28)29)12-20(14)15-7-9-19-21-13-30-25(35-2)33-23(21)32-22(19)11-15/h3-13H,1-2H3,(H,31,34)(H,30,32,33). The average Bonchev–Trinajstić information content (AvgIpc) is 3.21. The van der Waals surface area contributed by atoms with E-state index in [0.717, 1.165) is 50.8 Å². The number of H-pyrrole nitrogens is 1. The van der Waals surface area contributed by atoms with Crippen LogP contribution in [-0.4, -0.2) is 27.1 Å². The van der Waals surface area contributed by atoms with E-state index in [9.17, 15) is 18.0 Å². The fourth-order valence-electron chi connectivity index (χ4n) is 3.98. The van der Waals surface area contributed by atoms with E-state index in [0.29, 0.717) is 10.8 Å². The number of rotatable bonds is 4. The molecule has 1 amide bonds. The number of benzene rings is 3. The fraction of sp³-hybridized carbons (Fsp3) is 0.115. The first kappa shape index (κ1) is 22.9. The van der Waals surface area contributed by atoms with Crippen molar-refractivity contribution in [3.63, 3.8) is 0 Å². The lowest BCUT2D eigenvalue weighted by Gasteiger charge is -2.12. The van der Waals surface area contributed by atoms with E-state index in [1.165, 1.54) is 23.9 Å². The van der Waals surface area contributed by atoms with Crippen molar-refractivity contribution in [1.29, 1.82) is 0 Å². The molecule has 2 aromatic heterocycles. The molecule has 0 aliphatic carbocycles. The second kappa shape index (κ2) is 8.74. The molecule has 0 aliphatic rings. The van der Waals surface area contributed by atoms with Crippen molar-refractivity contribution >= 4 is 45.3 Å². The molecule has 9 heteroatoms. The number of thioether (sulfide) groups is 1. The van der Waals surface area contributed by atoms with Crippen molar-refractivity contribution in [3.8, 4) is 11.1 Å². The smallest absolute Gasteiger partial charge is 0.339 e. The summed E-state index contributed by atoms with van der Waals surface area (Å²) in [4.78, 5) is 24.9. The Labute approximate surface area is 202 Å². The van der Waals surface area contributed by atoms with Gasteiger partial charge in [0.05, 0.1) is 5.56 Å². The number of aromatic amines is 1. The number of halogens is 3. The van der Waals surface area contributed by atoms with Gasteiger partial charge in [0.15, 0.2) is 5.16 Å². The predicted molar refractivity (Wildman–Crippen MR) is 133 cm³/mol. The third-order valence-electron chi connectivity index (χ3n) is 5.77. The molecule has 0 fully saturated rings. The number of nitrogens with one attached hydrogen (secondary N) is 2. The van der Waals surface area contributed by atoms with E-state index < -0.39 is 17.6 Å². The third kappa shape index (κ3) is 4.46. The number of aromatic nitrogens is 3. The summed E-state index contributed by atoms with van der Waals surface area (Å²) >= 11 is 1.47. The number of carbonyl (C=O) groups is 1. The van der Waals surface area contributed by atoms with Gasteiger partial charge in [0.1, 0.15) is 5.65 Å². The van der Waals surface area contributed by atoms with Gasteiger partial charge in [-0.05, 0) is 66.3 Å². The molecule has 0 saturated carbocycles. The van der Waals surface area contributed by atoms with Crippen LogP contribution in [-0.2, 0) is 6.18 Å². The van der Waals surface area contributed by atoms with Crippen LogP contribution in [0, 0.1) is 6.92 Å². The Morgan fingerprint density at radius 3 is 2.63 bits per heavy atom. The van der Waals surface area contributed by atoms with Gasteiger partial charge < -0.3 is 10.3 Å². The lowest BCUT2D eigenvalue weighted by atomic mass is 9.98. The normalized spacial score (nSPS) is 11.8. The van der Waals surface area contributed by atoms with Crippen molar-refractivity contribution in [2.45, 2.75) is 18.3 Å². The highest BCUT2D eigenvalue weighted by molar-refractivity contribution is 7.98. The van der Waals surface area contributed by atoms with Gasteiger partial charge in [-0.1, -0.05) is 36.0 Å². The van der Waals surface area contributed by atoms with E-state index in [-0.39, 0.29) is 5.56 Å². The molecule has 5 aromatic rings. The minimum Gasteiger partial charge on any atom is -0.339 e. The van der Waals surface area contributed by atoms with Crippen LogP contribution in [0.4, 0.5) is 18.9 Å². The minimum atomic E-state index is -4.52. The molecule has 0 saturated heterocycles. The van der Waals surface area contributed by atoms with Crippen molar-refractivity contribution in [2.75, 3.05) is 11.6 Å². The van der Waals surface area contributed by atoms with Crippen LogP contribution >= 0.6 is 11.8 Å². The highest BCUT2D eigenvalue weighted by atomic mass is 32.2. The second-order valence-corrected chi connectivity index (χ2v) is 8.84. The van der Waals surface area contributed by atoms with Crippen LogP contribution in [0.1, 0.15) is 21.5 Å². The Bertz CT molecular complexity index is 1590. The molecule has 0 spiro atoms. The molecule has 0 aliphatic heterocycles. The maximum absolute atomic E-state index is 13.0. The Balaban J connectivity index is 1.47. The maximum atomic E-state index is 13.0. The molecular formula is C26H19F3N4OS. The fourth-order valence-corrected chi connectivity index (χ4v) is 4.33. The van der Waals surface area contributed by atoms with Gasteiger partial charge >= 0.3 is 6.18 Å². The van der Waals surface area contributed by atoms with Crippen LogP contribution in [0.25, 0.3) is 33.1 Å². The van der Waals surface area contributed by atoms with Gasteiger partial charge in [-0.15, -0.1) is 0 Å². The molecule has 5 rings (SSSR count). The zero-order valence-corrected chi connectivity index (χ0v) is 19.5. The zero-order valence-electron chi connectivity index (χ0n) is 18.7. The van der Waals surface area contributed by atoms with Crippen molar-refractivity contribution < 1.29 is 18.0 Å². The number of hydrogen-bond donors (Lipinski definition) is 2. The number of amides is 1. The molecule has 2 N–H and O–H groups in total. The number of aryl methyl sites for hydroxylation is 1. The first-order valence-electron chi connectivity index (χ1n) is 10.6. The Morgan fingerprint density at radius 2 is 1.86 bits per heavy atom. The van der Waals surface area contributed by atoms with Crippen molar-refractivity contribution in [2.24, 2.45) is 0 Å². The quantitative estimate of drug-likeness (QED) is 0.208. The molecule has 0 radical (unpaired) electrons. The third-order valence-corrected chi connectivity index (χ3v) is 6.33. The first-order chi connectivity index (χ1) is 16.7. The lowest BCUT2D eigenvalue weighted by molar-refractivity contribution is -0.137. The molecule has 0 atom stereocenters. The Hall–Kier alpha value is -3.85. The highest BCUT2D eigenvalue weighted by Crippen LogP contribution is 2.33. The summed E-state index contributed by atoms with van der Waals surface area (Å²) in [6.45, 7) is 1.96. The zero-order chi connectivity index (χ0) is 24.7. The molecule has 35 heavy (non-hydrogen) atoms. The number of fused-ring (bicyclic) bond motifs is 3. The average molecular weight is 493 g/mol. The van der Waals surface area contributed by atoms with E-state index in [4.69, 9.17) is 0 Å². The summed E-state index contributed by atoms with van der Waals surface area (Å²) in [6, 6.07) is 15.8. The van der Waals surface area contributed by atoms with Crippen molar-refractivity contribution in [1.82, 2.24) is 15.0 Å². The molecule has 5 nitrogen and oxygen atoms in total. The van der Waals surface area contributed by atoms with Gasteiger partial charge in [-0.3, -0.25) is 4.79 Å². The van der Waals surface area contributed by atoms with E-state index in [2.05, 4.69) is 20.3 Å². The lowest BCUT2D eigenvalue weighted by Crippen LogP contribution is -2.14. The van der Waals surface area contributed by atoms with Crippen molar-refractivity contribution in [3.05, 3.63) is 83.6 Å². The van der Waals surface area contributed by atoms with E-state index >= 15 is 0 Å². The largest absolute Gasteiger partial charge is 0.416 e. The number of hydrogen-bond acceptors (Lipinski definition) is 4. The molecule has 2 heterocycles. The number of nitrogens with zero attached hydrogens (tertiary/aromatic N) is 2. The predicted octanol–water partition coefficient (Wildman–Crippen LogP) is 7.08. The molecule has 3 aromatic carbocycles. The summed E-state index contributed by atoms with van der Waals surface area (Å²) < 4.78 is 39.1. The van der Waals surface area contributed by atoms with Crippen LogP contribution < -0.4 is 5.32 Å². The van der Waals surface area contributed by atoms with Gasteiger partial charge in [-0.25, -0.2) is 9.97 Å². The SMILES string of the molecule is CSc1ncc2c(n1)[nH]c1cc(-c3cc(NC(=O)c4cccc(C(F)(F)F)c4)ccc3C)ccc12. The van der Waals surface area contributed by atoms with Gasteiger partial charge in [0, 0.05) is 33.7 Å². The van der Waals surface area contributed by atoms with E-state index in [1.807, 2.05) is 49.7 Å². The Morgan fingerprint density at radius 1 is 1.03 bits per heavy atom. The van der Waals surface area contributed by atoms with Gasteiger partial charge in [0.25, 0.3) is 5.91 Å². The van der Waals surface area contributed by atoms with Crippen LogP contribution in [0.3, 0.4) is 0 Å². The van der Waals surface area contributed by atoms with E-state index in [1.54, 1.807) is 6.07 Å². The summed E-state index contributed by atoms with van der Waals surface area (Å²) in [5, 5.41) is 5.33. The molecule has 176 valence electrons. The van der Waals surface area contributed by atoms with Gasteiger partial charge in [0.2, 0.25) is 0 Å². The highest BCUT2D eigenvalue weighted by Gasteiger charge is 2.30. The summed E-state index contributed by atoms with van der Waals surface area (Å²) in [5.74, 6) is -0.611. The molecule has 0 unspecified atom stereocenters. The van der Waals surface area contributed by atoms with Crippen LogP contribution in [0.15, 0.2) is 72.0 Å². The first-order valence-corrected chi connectivity index (χ1v) is 11.9. The molecule has 0 bridgehead atoms.